The Kier molecular flexibility index (Phi) is 9.56. The van der Waals surface area contributed by atoms with E-state index in [1.165, 1.54) is 23.1 Å². The second kappa shape index (κ2) is 13.3. The topological polar surface area (TPSA) is 133 Å². The van der Waals surface area contributed by atoms with Crippen molar-refractivity contribution >= 4 is 51.8 Å². The fourth-order valence-electron chi connectivity index (χ4n) is 3.23. The minimum Gasteiger partial charge on any atom is -0.497 e. The number of amides is 2. The van der Waals surface area contributed by atoms with E-state index in [0.29, 0.717) is 33.2 Å². The molecule has 2 amide bonds. The number of rotatable bonds is 12. The number of anilines is 1. The summed E-state index contributed by atoms with van der Waals surface area (Å²) in [6.07, 6.45) is 0. The van der Waals surface area contributed by atoms with E-state index in [9.17, 15) is 9.59 Å². The van der Waals surface area contributed by atoms with Gasteiger partial charge in [0.2, 0.25) is 11.0 Å². The third-order valence-corrected chi connectivity index (χ3v) is 7.83. The minimum absolute atomic E-state index is 0.0856. The molecule has 198 valence electrons. The highest BCUT2D eigenvalue weighted by atomic mass is 32.2. The van der Waals surface area contributed by atoms with E-state index in [1.54, 1.807) is 54.8 Å². The van der Waals surface area contributed by atoms with Gasteiger partial charge in [-0.1, -0.05) is 41.8 Å². The third-order valence-electron chi connectivity index (χ3n) is 5.04. The first kappa shape index (κ1) is 27.4. The van der Waals surface area contributed by atoms with Gasteiger partial charge in [0.25, 0.3) is 5.91 Å². The van der Waals surface area contributed by atoms with Crippen LogP contribution < -0.4 is 20.1 Å². The molecule has 2 N–H and O–H groups in total. The number of hydrogen-bond donors (Lipinski definition) is 2. The smallest absolute Gasteiger partial charge is 0.251 e. The van der Waals surface area contributed by atoms with Crippen LogP contribution in [0.25, 0.3) is 5.69 Å². The zero-order valence-electron chi connectivity index (χ0n) is 20.8. The van der Waals surface area contributed by atoms with E-state index in [0.717, 1.165) is 15.8 Å². The van der Waals surface area contributed by atoms with Crippen LogP contribution in [0.15, 0.2) is 58.0 Å². The number of carbonyl (C=O) groups excluding carboxylic acids is 2. The summed E-state index contributed by atoms with van der Waals surface area (Å²) in [7, 11) is 3.16. The van der Waals surface area contributed by atoms with Gasteiger partial charge in [-0.25, -0.2) is 0 Å². The average molecular weight is 572 g/mol. The van der Waals surface area contributed by atoms with Crippen LogP contribution in [-0.4, -0.2) is 62.5 Å². The summed E-state index contributed by atoms with van der Waals surface area (Å²) in [6, 6.07) is 14.2. The normalized spacial score (nSPS) is 10.7. The summed E-state index contributed by atoms with van der Waals surface area (Å²) in [5, 5.41) is 23.2. The van der Waals surface area contributed by atoms with Crippen LogP contribution >= 0.6 is 34.9 Å². The molecular formula is C24H25N7O4S3. The molecule has 0 fully saturated rings. The molecule has 4 aromatic rings. The maximum absolute atomic E-state index is 12.7. The highest BCUT2D eigenvalue weighted by Gasteiger charge is 2.18. The fourth-order valence-corrected chi connectivity index (χ4v) is 5.67. The van der Waals surface area contributed by atoms with Crippen LogP contribution in [0.5, 0.6) is 11.5 Å². The molecule has 38 heavy (non-hydrogen) atoms. The molecule has 0 saturated heterocycles. The molecule has 0 atom stereocenters. The highest BCUT2D eigenvalue weighted by molar-refractivity contribution is 8.01. The predicted molar refractivity (Wildman–Crippen MR) is 148 cm³/mol. The van der Waals surface area contributed by atoms with Crippen molar-refractivity contribution in [3.8, 4) is 17.2 Å². The van der Waals surface area contributed by atoms with Gasteiger partial charge < -0.3 is 14.8 Å². The number of benzene rings is 2. The van der Waals surface area contributed by atoms with Crippen molar-refractivity contribution in [1.82, 2.24) is 30.3 Å². The number of hydrogen-bond acceptors (Lipinski definition) is 11. The Labute approximate surface area is 231 Å². The van der Waals surface area contributed by atoms with Crippen LogP contribution in [0.4, 0.5) is 5.13 Å². The molecule has 0 aliphatic rings. The van der Waals surface area contributed by atoms with Crippen LogP contribution in [0, 0.1) is 0 Å². The van der Waals surface area contributed by atoms with Crippen LogP contribution in [0.3, 0.4) is 0 Å². The van der Waals surface area contributed by atoms with Crippen molar-refractivity contribution in [2.75, 3.05) is 31.0 Å². The van der Waals surface area contributed by atoms with E-state index in [4.69, 9.17) is 9.47 Å². The molecule has 2 heterocycles. The zero-order chi connectivity index (χ0) is 26.9. The first-order valence-electron chi connectivity index (χ1n) is 11.4. The predicted octanol–water partition coefficient (Wildman–Crippen LogP) is 3.91. The van der Waals surface area contributed by atoms with Gasteiger partial charge in [0.1, 0.15) is 11.5 Å². The van der Waals surface area contributed by atoms with Crippen molar-refractivity contribution in [3.63, 3.8) is 0 Å². The number of nitrogens with one attached hydrogen (secondary N) is 2. The molecule has 0 aliphatic carbocycles. The minimum atomic E-state index is -0.261. The molecule has 2 aromatic heterocycles. The Hall–Kier alpha value is -3.62. The third kappa shape index (κ3) is 7.02. The monoisotopic (exact) mass is 571 g/mol. The lowest BCUT2D eigenvalue weighted by atomic mass is 10.2. The average Bonchev–Trinajstić information content (AvgIpc) is 3.57. The standard InChI is InChI=1S/C24H25N7O4S3/c1-4-36-24-30-28-22(38-24)26-20(32)14-37-23-29-27-19(31(23)16-7-11-18(35-3)12-8-16)13-25-21(33)15-5-9-17(34-2)10-6-15/h5-12H,4,13-14H2,1-3H3,(H,25,33)(H,26,28,32). The summed E-state index contributed by atoms with van der Waals surface area (Å²) >= 11 is 4.12. The number of thioether (sulfide) groups is 2. The molecule has 0 bridgehead atoms. The summed E-state index contributed by atoms with van der Waals surface area (Å²) < 4.78 is 13.0. The Morgan fingerprint density at radius 1 is 0.921 bits per heavy atom. The van der Waals surface area contributed by atoms with Crippen molar-refractivity contribution in [2.45, 2.75) is 23.0 Å². The second-order valence-corrected chi connectivity index (χ2v) is 10.9. The molecule has 0 spiro atoms. The number of ether oxygens (including phenoxy) is 2. The maximum atomic E-state index is 12.7. The van der Waals surface area contributed by atoms with Crippen molar-refractivity contribution < 1.29 is 19.1 Å². The lowest BCUT2D eigenvalue weighted by molar-refractivity contribution is -0.113. The van der Waals surface area contributed by atoms with Crippen LogP contribution in [0.1, 0.15) is 23.1 Å². The molecule has 0 aliphatic heterocycles. The van der Waals surface area contributed by atoms with Gasteiger partial charge in [-0.3, -0.25) is 19.5 Å². The summed E-state index contributed by atoms with van der Waals surface area (Å²) in [4.78, 5) is 25.3. The van der Waals surface area contributed by atoms with Gasteiger partial charge in [0, 0.05) is 11.3 Å². The van der Waals surface area contributed by atoms with E-state index in [2.05, 4.69) is 31.0 Å². The summed E-state index contributed by atoms with van der Waals surface area (Å²) in [5.41, 5.74) is 1.25. The quantitative estimate of drug-likeness (QED) is 0.190. The van der Waals surface area contributed by atoms with Crippen molar-refractivity contribution in [1.29, 1.82) is 0 Å². The summed E-state index contributed by atoms with van der Waals surface area (Å²) in [6.45, 7) is 2.15. The molecule has 2 aromatic carbocycles. The van der Waals surface area contributed by atoms with E-state index < -0.39 is 0 Å². The fraction of sp³-hybridized carbons (Fsp3) is 0.250. The van der Waals surface area contributed by atoms with Crippen LogP contribution in [0.2, 0.25) is 0 Å². The van der Waals surface area contributed by atoms with Crippen molar-refractivity contribution in [3.05, 3.63) is 59.9 Å². The van der Waals surface area contributed by atoms with E-state index >= 15 is 0 Å². The molecule has 0 radical (unpaired) electrons. The summed E-state index contributed by atoms with van der Waals surface area (Å²) in [5.74, 6) is 2.33. The van der Waals surface area contributed by atoms with Crippen LogP contribution in [-0.2, 0) is 11.3 Å². The van der Waals surface area contributed by atoms with E-state index in [1.807, 2.05) is 31.2 Å². The molecule has 11 nitrogen and oxygen atoms in total. The lowest BCUT2D eigenvalue weighted by Crippen LogP contribution is -2.24. The number of carbonyl (C=O) groups is 2. The molecule has 0 saturated carbocycles. The molecular weight excluding hydrogens is 547 g/mol. The van der Waals surface area contributed by atoms with Crippen molar-refractivity contribution in [2.24, 2.45) is 0 Å². The van der Waals surface area contributed by atoms with Gasteiger partial charge in [-0.05, 0) is 54.3 Å². The Morgan fingerprint density at radius 3 is 2.26 bits per heavy atom. The highest BCUT2D eigenvalue weighted by Crippen LogP contribution is 2.27. The largest absolute Gasteiger partial charge is 0.497 e. The Morgan fingerprint density at radius 2 is 1.61 bits per heavy atom. The maximum Gasteiger partial charge on any atom is 0.251 e. The first-order chi connectivity index (χ1) is 18.5. The molecule has 14 heteroatoms. The van der Waals surface area contributed by atoms with Gasteiger partial charge >= 0.3 is 0 Å². The van der Waals surface area contributed by atoms with Gasteiger partial charge in [-0.2, -0.15) is 0 Å². The number of aromatic nitrogens is 5. The number of nitrogens with zero attached hydrogens (tertiary/aromatic N) is 5. The lowest BCUT2D eigenvalue weighted by Gasteiger charge is -2.12. The second-order valence-electron chi connectivity index (χ2n) is 7.49. The van der Waals surface area contributed by atoms with Gasteiger partial charge in [0.15, 0.2) is 15.3 Å². The zero-order valence-corrected chi connectivity index (χ0v) is 23.3. The SMILES string of the molecule is CCSc1nnc(NC(=O)CSc2nnc(CNC(=O)c3ccc(OC)cc3)n2-c2ccc(OC)cc2)s1. The number of methoxy groups -OCH3 is 2. The van der Waals surface area contributed by atoms with E-state index in [-0.39, 0.29) is 24.1 Å². The molecule has 0 unspecified atom stereocenters. The van der Waals surface area contributed by atoms with Gasteiger partial charge in [-0.15, -0.1) is 20.4 Å². The first-order valence-corrected chi connectivity index (χ1v) is 14.2. The van der Waals surface area contributed by atoms with Gasteiger partial charge in [0.05, 0.1) is 26.5 Å². The molecule has 4 rings (SSSR count). The Bertz CT molecular complexity index is 1370. The Balaban J connectivity index is 1.47.